The molecule has 31 heavy (non-hydrogen) atoms. The van der Waals surface area contributed by atoms with Crippen LogP contribution in [0.2, 0.25) is 0 Å². The number of aromatic nitrogens is 5. The molecular weight excluding hydrogens is 395 g/mol. The lowest BCUT2D eigenvalue weighted by Crippen LogP contribution is -2.18. The van der Waals surface area contributed by atoms with Gasteiger partial charge >= 0.3 is 0 Å². The number of ether oxygens (including phenoxy) is 1. The molecule has 0 saturated heterocycles. The van der Waals surface area contributed by atoms with E-state index in [0.29, 0.717) is 11.7 Å². The number of benzene rings is 2. The molecule has 1 aliphatic heterocycles. The number of aryl methyl sites for hydroxylation is 2. The molecule has 2 aromatic heterocycles. The van der Waals surface area contributed by atoms with Crippen LogP contribution in [0, 0.1) is 12.7 Å². The van der Waals surface area contributed by atoms with Crippen LogP contribution in [0.15, 0.2) is 55.0 Å². The second-order valence-corrected chi connectivity index (χ2v) is 7.70. The normalized spacial score (nSPS) is 15.5. The Bertz CT molecular complexity index is 1230. The average Bonchev–Trinajstić information content (AvgIpc) is 3.39. The number of fused-ring (bicyclic) bond motifs is 1. The van der Waals surface area contributed by atoms with Gasteiger partial charge in [-0.05, 0) is 49.6 Å². The van der Waals surface area contributed by atoms with E-state index in [1.54, 1.807) is 25.6 Å². The molecule has 1 N–H and O–H groups in total. The molecule has 0 radical (unpaired) electrons. The van der Waals surface area contributed by atoms with Crippen LogP contribution in [0.4, 0.5) is 16.0 Å². The Balaban J connectivity index is 1.42. The van der Waals surface area contributed by atoms with Crippen molar-refractivity contribution >= 4 is 11.6 Å². The number of methoxy groups -OCH3 is 1. The third-order valence-electron chi connectivity index (χ3n) is 5.55. The van der Waals surface area contributed by atoms with Gasteiger partial charge in [-0.3, -0.25) is 0 Å². The smallest absolute Gasteiger partial charge is 0.246 e. The molecule has 0 bridgehead atoms. The van der Waals surface area contributed by atoms with Crippen molar-refractivity contribution in [2.45, 2.75) is 32.2 Å². The van der Waals surface area contributed by atoms with E-state index in [1.165, 1.54) is 6.07 Å². The maximum absolute atomic E-state index is 13.7. The highest BCUT2D eigenvalue weighted by Gasteiger charge is 2.26. The Morgan fingerprint density at radius 2 is 2.10 bits per heavy atom. The summed E-state index contributed by atoms with van der Waals surface area (Å²) in [7, 11) is 1.64. The van der Waals surface area contributed by atoms with Gasteiger partial charge in [0.25, 0.3) is 0 Å². The number of nitrogens with zero attached hydrogens (tertiary/aromatic N) is 5. The van der Waals surface area contributed by atoms with Gasteiger partial charge < -0.3 is 14.6 Å². The zero-order chi connectivity index (χ0) is 21.4. The second kappa shape index (κ2) is 7.86. The van der Waals surface area contributed by atoms with E-state index in [4.69, 9.17) is 9.72 Å². The number of nitrogens with one attached hydrogen (secondary N) is 1. The zero-order valence-corrected chi connectivity index (χ0v) is 17.4. The van der Waals surface area contributed by atoms with Gasteiger partial charge in [0.2, 0.25) is 5.95 Å². The fraction of sp³-hybridized carbons (Fsp3) is 0.261. The van der Waals surface area contributed by atoms with Crippen LogP contribution in [0.1, 0.15) is 35.8 Å². The van der Waals surface area contributed by atoms with E-state index in [-0.39, 0.29) is 11.7 Å². The standard InChI is InChI=1S/C23H23FN6O/c1-15-13-29(14-25-15)20-9-8-18(12-21(20)31-2)26-23-27-22-19(7-4-10-30(22)28-23)16-5-3-6-17(24)11-16/h3,5-6,8-9,11-14,19H,4,7,10H2,1-2H3,(H,26,28). The minimum absolute atomic E-state index is 0.0360. The summed E-state index contributed by atoms with van der Waals surface area (Å²) in [5, 5.41) is 7.91. The fourth-order valence-corrected chi connectivity index (χ4v) is 4.09. The lowest BCUT2D eigenvalue weighted by atomic mass is 9.91. The summed E-state index contributed by atoms with van der Waals surface area (Å²) < 4.78 is 23.2. The molecule has 0 saturated carbocycles. The van der Waals surface area contributed by atoms with E-state index in [2.05, 4.69) is 15.4 Å². The quantitative estimate of drug-likeness (QED) is 0.513. The van der Waals surface area contributed by atoms with Crippen molar-refractivity contribution in [3.8, 4) is 11.4 Å². The molecule has 158 valence electrons. The van der Waals surface area contributed by atoms with Crippen LogP contribution in [0.3, 0.4) is 0 Å². The molecule has 7 nitrogen and oxygen atoms in total. The van der Waals surface area contributed by atoms with Gasteiger partial charge in [0, 0.05) is 30.4 Å². The molecule has 0 amide bonds. The predicted octanol–water partition coefficient (Wildman–Crippen LogP) is 4.59. The van der Waals surface area contributed by atoms with Crippen molar-refractivity contribution in [2.24, 2.45) is 0 Å². The maximum Gasteiger partial charge on any atom is 0.246 e. The molecule has 0 aliphatic carbocycles. The molecule has 3 heterocycles. The van der Waals surface area contributed by atoms with Crippen molar-refractivity contribution in [3.05, 3.63) is 77.9 Å². The molecule has 0 spiro atoms. The highest BCUT2D eigenvalue weighted by atomic mass is 19.1. The van der Waals surface area contributed by atoms with Crippen LogP contribution in [-0.2, 0) is 6.54 Å². The summed E-state index contributed by atoms with van der Waals surface area (Å²) in [6.45, 7) is 2.75. The minimum atomic E-state index is -0.229. The number of hydrogen-bond donors (Lipinski definition) is 1. The van der Waals surface area contributed by atoms with Gasteiger partial charge in [-0.2, -0.15) is 4.98 Å². The van der Waals surface area contributed by atoms with Crippen molar-refractivity contribution < 1.29 is 9.13 Å². The van der Waals surface area contributed by atoms with Gasteiger partial charge in [-0.1, -0.05) is 12.1 Å². The first-order valence-electron chi connectivity index (χ1n) is 10.3. The fourth-order valence-electron chi connectivity index (χ4n) is 4.09. The van der Waals surface area contributed by atoms with E-state index in [0.717, 1.165) is 47.8 Å². The number of anilines is 2. The van der Waals surface area contributed by atoms with Crippen molar-refractivity contribution in [1.29, 1.82) is 0 Å². The third-order valence-corrected chi connectivity index (χ3v) is 5.55. The lowest BCUT2D eigenvalue weighted by Gasteiger charge is -2.22. The van der Waals surface area contributed by atoms with Gasteiger partial charge in [0.1, 0.15) is 17.4 Å². The largest absolute Gasteiger partial charge is 0.494 e. The Kier molecular flexibility index (Phi) is 4.89. The maximum atomic E-state index is 13.7. The summed E-state index contributed by atoms with van der Waals surface area (Å²) in [6, 6.07) is 12.6. The third kappa shape index (κ3) is 3.76. The second-order valence-electron chi connectivity index (χ2n) is 7.70. The van der Waals surface area contributed by atoms with Crippen LogP contribution >= 0.6 is 0 Å². The number of imidazole rings is 1. The molecule has 1 aliphatic rings. The Hall–Kier alpha value is -3.68. The average molecular weight is 418 g/mol. The number of halogens is 1. The Morgan fingerprint density at radius 1 is 1.19 bits per heavy atom. The highest BCUT2D eigenvalue weighted by molar-refractivity contribution is 5.62. The molecule has 0 fully saturated rings. The topological polar surface area (TPSA) is 69.8 Å². The highest BCUT2D eigenvalue weighted by Crippen LogP contribution is 2.34. The number of hydrogen-bond acceptors (Lipinski definition) is 5. The van der Waals surface area contributed by atoms with Crippen LogP contribution in [0.5, 0.6) is 5.75 Å². The van der Waals surface area contributed by atoms with Crippen molar-refractivity contribution in [2.75, 3.05) is 12.4 Å². The Labute approximate surface area is 179 Å². The van der Waals surface area contributed by atoms with Crippen LogP contribution in [0.25, 0.3) is 5.69 Å². The van der Waals surface area contributed by atoms with Gasteiger partial charge in [-0.15, -0.1) is 5.10 Å². The van der Waals surface area contributed by atoms with Crippen molar-refractivity contribution in [1.82, 2.24) is 24.3 Å². The molecule has 8 heteroatoms. The van der Waals surface area contributed by atoms with Crippen LogP contribution < -0.4 is 10.1 Å². The van der Waals surface area contributed by atoms with E-state index < -0.39 is 0 Å². The van der Waals surface area contributed by atoms with E-state index >= 15 is 0 Å². The molecule has 1 unspecified atom stereocenters. The zero-order valence-electron chi connectivity index (χ0n) is 17.4. The van der Waals surface area contributed by atoms with E-state index in [9.17, 15) is 4.39 Å². The van der Waals surface area contributed by atoms with Gasteiger partial charge in [0.05, 0.1) is 24.8 Å². The molecule has 5 rings (SSSR count). The summed E-state index contributed by atoms with van der Waals surface area (Å²) in [4.78, 5) is 9.01. The summed E-state index contributed by atoms with van der Waals surface area (Å²) in [6.07, 6.45) is 5.61. The monoisotopic (exact) mass is 418 g/mol. The first-order chi connectivity index (χ1) is 15.1. The summed E-state index contributed by atoms with van der Waals surface area (Å²) in [5.41, 5.74) is 3.59. The first kappa shape index (κ1) is 19.3. The first-order valence-corrected chi connectivity index (χ1v) is 10.3. The lowest BCUT2D eigenvalue weighted by molar-refractivity contribution is 0.413. The molecule has 4 aromatic rings. The van der Waals surface area contributed by atoms with E-state index in [1.807, 2.05) is 46.6 Å². The molecular formula is C23H23FN6O. The van der Waals surface area contributed by atoms with Crippen LogP contribution in [-0.4, -0.2) is 31.4 Å². The summed E-state index contributed by atoms with van der Waals surface area (Å²) in [5.74, 6) is 1.90. The Morgan fingerprint density at radius 3 is 2.87 bits per heavy atom. The summed E-state index contributed by atoms with van der Waals surface area (Å²) >= 11 is 0. The SMILES string of the molecule is COc1cc(Nc2nc3n(n2)CCCC3c2cccc(F)c2)ccc1-n1cnc(C)c1. The predicted molar refractivity (Wildman–Crippen MR) is 116 cm³/mol. The molecule has 1 atom stereocenters. The molecule has 2 aromatic carbocycles. The minimum Gasteiger partial charge on any atom is -0.494 e. The number of rotatable bonds is 5. The van der Waals surface area contributed by atoms with Gasteiger partial charge in [0.15, 0.2) is 0 Å². The van der Waals surface area contributed by atoms with Gasteiger partial charge in [-0.25, -0.2) is 14.1 Å². The van der Waals surface area contributed by atoms with Crippen molar-refractivity contribution in [3.63, 3.8) is 0 Å².